The maximum absolute atomic E-state index is 13.3. The number of hydrogen-bond acceptors (Lipinski definition) is 3. The molecule has 124 valence electrons. The summed E-state index contributed by atoms with van der Waals surface area (Å²) in [6.07, 6.45) is -4.76. The fraction of sp³-hybridized carbons (Fsp3) is 0.286. The van der Waals surface area contributed by atoms with Crippen molar-refractivity contribution in [3.63, 3.8) is 0 Å². The van der Waals surface area contributed by atoms with Crippen molar-refractivity contribution in [2.45, 2.75) is 19.1 Å². The summed E-state index contributed by atoms with van der Waals surface area (Å²) in [6.45, 7) is 1.49. The number of halogens is 4. The van der Waals surface area contributed by atoms with Crippen LogP contribution < -0.4 is 10.6 Å². The largest absolute Gasteiger partial charge is 0.463 e. The highest BCUT2D eigenvalue weighted by atomic mass is 79.9. The van der Waals surface area contributed by atoms with E-state index in [4.69, 9.17) is 17.0 Å². The van der Waals surface area contributed by atoms with E-state index in [1.165, 1.54) is 6.92 Å². The Morgan fingerprint density at radius 2 is 1.96 bits per heavy atom. The molecule has 23 heavy (non-hydrogen) atoms. The number of nitrogens with one attached hydrogen (secondary N) is 2. The molecule has 1 aromatic carbocycles. The maximum atomic E-state index is 13.3. The van der Waals surface area contributed by atoms with Crippen LogP contribution in [0.2, 0.25) is 0 Å². The van der Waals surface area contributed by atoms with E-state index in [9.17, 15) is 18.0 Å². The number of alkyl halides is 3. The van der Waals surface area contributed by atoms with Crippen molar-refractivity contribution in [1.29, 1.82) is 0 Å². The smallest absolute Gasteiger partial charge is 0.431 e. The lowest BCUT2D eigenvalue weighted by molar-refractivity contribution is -0.140. The van der Waals surface area contributed by atoms with Crippen molar-refractivity contribution in [2.24, 2.45) is 0 Å². The second-order valence-electron chi connectivity index (χ2n) is 4.59. The van der Waals surface area contributed by atoms with Crippen LogP contribution in [0.15, 0.2) is 40.0 Å². The third-order valence-electron chi connectivity index (χ3n) is 3.05. The molecule has 1 aromatic rings. The van der Waals surface area contributed by atoms with Gasteiger partial charge in [-0.3, -0.25) is 0 Å². The molecule has 1 atom stereocenters. The predicted molar refractivity (Wildman–Crippen MR) is 85.5 cm³/mol. The maximum Gasteiger partial charge on any atom is 0.431 e. The minimum atomic E-state index is -4.76. The SMILES string of the molecule is CCOC(=O)C1=C(C(F)(F)F)NC(=S)N[C@H]1c1ccc(Br)cc1. The van der Waals surface area contributed by atoms with Crippen LogP contribution in [0.4, 0.5) is 13.2 Å². The molecule has 1 heterocycles. The Balaban J connectivity index is 2.59. The summed E-state index contributed by atoms with van der Waals surface area (Å²) >= 11 is 8.09. The quantitative estimate of drug-likeness (QED) is 0.593. The van der Waals surface area contributed by atoms with Crippen LogP contribution in [0.3, 0.4) is 0 Å². The monoisotopic (exact) mass is 408 g/mol. The van der Waals surface area contributed by atoms with E-state index in [2.05, 4.69) is 21.2 Å². The summed E-state index contributed by atoms with van der Waals surface area (Å²) in [4.78, 5) is 12.1. The van der Waals surface area contributed by atoms with Crippen molar-refractivity contribution in [1.82, 2.24) is 10.6 Å². The highest BCUT2D eigenvalue weighted by molar-refractivity contribution is 9.10. The number of benzene rings is 1. The minimum absolute atomic E-state index is 0.0367. The number of esters is 1. The van der Waals surface area contributed by atoms with Gasteiger partial charge in [0.15, 0.2) is 5.11 Å². The number of ether oxygens (including phenoxy) is 1. The third kappa shape index (κ3) is 4.03. The number of carbonyl (C=O) groups is 1. The van der Waals surface area contributed by atoms with Gasteiger partial charge in [0.05, 0.1) is 18.2 Å². The Morgan fingerprint density at radius 1 is 1.35 bits per heavy atom. The van der Waals surface area contributed by atoms with E-state index < -0.39 is 29.5 Å². The van der Waals surface area contributed by atoms with Crippen LogP contribution in [-0.2, 0) is 9.53 Å². The molecule has 0 spiro atoms. The first-order chi connectivity index (χ1) is 10.7. The van der Waals surface area contributed by atoms with Crippen molar-refractivity contribution < 1.29 is 22.7 Å². The highest BCUT2D eigenvalue weighted by Crippen LogP contribution is 2.35. The molecule has 0 saturated heterocycles. The molecule has 0 unspecified atom stereocenters. The number of rotatable bonds is 3. The first-order valence-corrected chi connectivity index (χ1v) is 7.75. The Kier molecular flexibility index (Phi) is 5.30. The standard InChI is InChI=1S/C14H12BrF3N2O2S/c1-2-22-12(21)9-10(7-3-5-8(15)6-4-7)19-13(23)20-11(9)14(16,17)18/h3-6,10H,2H2,1H3,(H2,19,20,23)/t10-/m0/s1. The molecule has 2 rings (SSSR count). The molecular formula is C14H12BrF3N2O2S. The van der Waals surface area contributed by atoms with Gasteiger partial charge in [0, 0.05) is 4.47 Å². The lowest BCUT2D eigenvalue weighted by atomic mass is 9.95. The van der Waals surface area contributed by atoms with Gasteiger partial charge in [0.2, 0.25) is 0 Å². The summed E-state index contributed by atoms with van der Waals surface area (Å²) in [7, 11) is 0. The third-order valence-corrected chi connectivity index (χ3v) is 3.80. The summed E-state index contributed by atoms with van der Waals surface area (Å²) in [5, 5.41) is 4.50. The Bertz CT molecular complexity index is 659. The van der Waals surface area contributed by atoms with Gasteiger partial charge < -0.3 is 15.4 Å². The molecular weight excluding hydrogens is 397 g/mol. The first kappa shape index (κ1) is 17.7. The van der Waals surface area contributed by atoms with E-state index in [0.29, 0.717) is 5.56 Å². The zero-order valence-corrected chi connectivity index (χ0v) is 14.2. The van der Waals surface area contributed by atoms with Crippen molar-refractivity contribution in [2.75, 3.05) is 6.61 Å². The van der Waals surface area contributed by atoms with Crippen LogP contribution in [0, 0.1) is 0 Å². The molecule has 0 amide bonds. The number of allylic oxidation sites excluding steroid dienone is 1. The second-order valence-corrected chi connectivity index (χ2v) is 5.91. The van der Waals surface area contributed by atoms with E-state index in [1.54, 1.807) is 24.3 Å². The van der Waals surface area contributed by atoms with Crippen LogP contribution in [0.5, 0.6) is 0 Å². The van der Waals surface area contributed by atoms with E-state index >= 15 is 0 Å². The normalized spacial score (nSPS) is 18.3. The average molecular weight is 409 g/mol. The molecule has 4 nitrogen and oxygen atoms in total. The van der Waals surface area contributed by atoms with Gasteiger partial charge in [0.25, 0.3) is 0 Å². The fourth-order valence-corrected chi connectivity index (χ4v) is 2.61. The van der Waals surface area contributed by atoms with Gasteiger partial charge in [-0.1, -0.05) is 28.1 Å². The molecule has 0 saturated carbocycles. The highest BCUT2D eigenvalue weighted by Gasteiger charge is 2.44. The van der Waals surface area contributed by atoms with Crippen LogP contribution in [0.25, 0.3) is 0 Å². The summed E-state index contributed by atoms with van der Waals surface area (Å²) in [6, 6.07) is 5.48. The Morgan fingerprint density at radius 3 is 2.48 bits per heavy atom. The van der Waals surface area contributed by atoms with Crippen LogP contribution >= 0.6 is 28.1 Å². The first-order valence-electron chi connectivity index (χ1n) is 6.55. The molecule has 0 fully saturated rings. The van der Waals surface area contributed by atoms with E-state index in [0.717, 1.165) is 4.47 Å². The average Bonchev–Trinajstić information content (AvgIpc) is 2.46. The molecule has 1 aliphatic heterocycles. The number of hydrogen-bond donors (Lipinski definition) is 2. The van der Waals surface area contributed by atoms with Gasteiger partial charge in [-0.2, -0.15) is 13.2 Å². The lowest BCUT2D eigenvalue weighted by Crippen LogP contribution is -2.49. The molecule has 0 aliphatic carbocycles. The second kappa shape index (κ2) is 6.88. The Hall–Kier alpha value is -1.61. The zero-order valence-electron chi connectivity index (χ0n) is 11.8. The molecule has 2 N–H and O–H groups in total. The predicted octanol–water partition coefficient (Wildman–Crippen LogP) is 3.35. The molecule has 1 aliphatic rings. The van der Waals surface area contributed by atoms with Crippen LogP contribution in [-0.4, -0.2) is 23.9 Å². The Labute approximate surface area is 144 Å². The van der Waals surface area contributed by atoms with Gasteiger partial charge >= 0.3 is 12.1 Å². The van der Waals surface area contributed by atoms with E-state index in [1.807, 2.05) is 5.32 Å². The van der Waals surface area contributed by atoms with E-state index in [-0.39, 0.29) is 11.7 Å². The summed E-state index contributed by atoms with van der Waals surface area (Å²) in [5.74, 6) is -1.05. The summed E-state index contributed by atoms with van der Waals surface area (Å²) < 4.78 is 45.4. The lowest BCUT2D eigenvalue weighted by Gasteiger charge is -2.31. The fourth-order valence-electron chi connectivity index (χ4n) is 2.12. The summed E-state index contributed by atoms with van der Waals surface area (Å²) in [5.41, 5.74) is -1.29. The van der Waals surface area contributed by atoms with Gasteiger partial charge in [0.1, 0.15) is 5.70 Å². The number of thiocarbonyl (C=S) groups is 1. The molecule has 9 heteroatoms. The van der Waals surface area contributed by atoms with Gasteiger partial charge in [-0.05, 0) is 36.8 Å². The van der Waals surface area contributed by atoms with Crippen LogP contribution in [0.1, 0.15) is 18.5 Å². The van der Waals surface area contributed by atoms with Gasteiger partial charge in [-0.25, -0.2) is 4.79 Å². The zero-order chi connectivity index (χ0) is 17.2. The van der Waals surface area contributed by atoms with Crippen molar-refractivity contribution >= 4 is 39.2 Å². The topological polar surface area (TPSA) is 50.4 Å². The van der Waals surface area contributed by atoms with Crippen molar-refractivity contribution in [3.8, 4) is 0 Å². The minimum Gasteiger partial charge on any atom is -0.463 e. The molecule has 0 aromatic heterocycles. The molecule has 0 bridgehead atoms. The number of carbonyl (C=O) groups excluding carboxylic acids is 1. The van der Waals surface area contributed by atoms with Crippen molar-refractivity contribution in [3.05, 3.63) is 45.6 Å². The van der Waals surface area contributed by atoms with Gasteiger partial charge in [-0.15, -0.1) is 0 Å². The molecule has 0 radical (unpaired) electrons.